The minimum absolute atomic E-state index is 0.0162. The summed E-state index contributed by atoms with van der Waals surface area (Å²) < 4.78 is 29.6. The average Bonchev–Trinajstić information content (AvgIpc) is 2.55. The number of benzene rings is 1. The zero-order valence-electron chi connectivity index (χ0n) is 13.5. The van der Waals surface area contributed by atoms with Crippen LogP contribution in [-0.4, -0.2) is 60.9 Å². The molecule has 24 heavy (non-hydrogen) atoms. The molecule has 0 aromatic heterocycles. The Labute approximate surface area is 142 Å². The fourth-order valence-electron chi connectivity index (χ4n) is 3.36. The van der Waals surface area contributed by atoms with Crippen LogP contribution in [0.3, 0.4) is 0 Å². The van der Waals surface area contributed by atoms with E-state index in [9.17, 15) is 13.2 Å². The van der Waals surface area contributed by atoms with Crippen molar-refractivity contribution in [3.63, 3.8) is 0 Å². The average molecular weight is 353 g/mol. The normalized spacial score (nSPS) is 20.7. The smallest absolute Gasteiger partial charge is 0.317 e. The Morgan fingerprint density at radius 1 is 1.17 bits per heavy atom. The summed E-state index contributed by atoms with van der Waals surface area (Å²) in [6.07, 6.45) is 2.00. The first-order valence-electron chi connectivity index (χ1n) is 8.22. The molecule has 2 aliphatic heterocycles. The van der Waals surface area contributed by atoms with Crippen LogP contribution in [0.1, 0.15) is 24.0 Å². The van der Waals surface area contributed by atoms with Crippen molar-refractivity contribution >= 4 is 16.2 Å². The Morgan fingerprint density at radius 3 is 2.50 bits per heavy atom. The summed E-state index contributed by atoms with van der Waals surface area (Å²) in [5, 5.41) is 8.81. The molecule has 0 atom stereocenters. The van der Waals surface area contributed by atoms with Crippen molar-refractivity contribution in [3.05, 3.63) is 35.4 Å². The summed E-state index contributed by atoms with van der Waals surface area (Å²) in [5.41, 5.74) is 2.27. The first-order chi connectivity index (χ1) is 11.4. The molecule has 0 saturated carbocycles. The molecule has 7 nitrogen and oxygen atoms in total. The third-order valence-corrected chi connectivity index (χ3v) is 6.32. The van der Waals surface area contributed by atoms with E-state index in [2.05, 4.69) is 4.72 Å². The molecule has 2 N–H and O–H groups in total. The van der Waals surface area contributed by atoms with Crippen LogP contribution < -0.4 is 4.72 Å². The molecule has 1 aromatic carbocycles. The number of nitrogens with zero attached hydrogens (tertiary/aromatic N) is 2. The summed E-state index contributed by atoms with van der Waals surface area (Å²) in [6.45, 7) is 2.11. The number of carbonyl (C=O) groups is 1. The summed E-state index contributed by atoms with van der Waals surface area (Å²) >= 11 is 0. The van der Waals surface area contributed by atoms with Gasteiger partial charge in [0, 0.05) is 32.2 Å². The summed E-state index contributed by atoms with van der Waals surface area (Å²) in [5.74, 6) is -0.846. The second-order valence-corrected chi connectivity index (χ2v) is 8.12. The number of likely N-dealkylation sites (tertiary alicyclic amines) is 1. The van der Waals surface area contributed by atoms with E-state index in [-0.39, 0.29) is 12.6 Å². The third kappa shape index (κ3) is 4.13. The van der Waals surface area contributed by atoms with Crippen molar-refractivity contribution in [2.75, 3.05) is 26.2 Å². The van der Waals surface area contributed by atoms with Crippen LogP contribution >= 0.6 is 0 Å². The number of carboxylic acid groups (broad SMARTS) is 1. The van der Waals surface area contributed by atoms with Crippen LogP contribution in [0.4, 0.5) is 0 Å². The van der Waals surface area contributed by atoms with E-state index in [1.54, 1.807) is 0 Å². The molecule has 2 heterocycles. The zero-order chi connectivity index (χ0) is 17.2. The van der Waals surface area contributed by atoms with Crippen LogP contribution in [0.2, 0.25) is 0 Å². The molecule has 132 valence electrons. The SMILES string of the molecule is O=C(O)CN1CCC(NS(=O)(=O)N2CCc3ccccc3C2)CC1. The van der Waals surface area contributed by atoms with Gasteiger partial charge in [-0.1, -0.05) is 24.3 Å². The highest BCUT2D eigenvalue weighted by Crippen LogP contribution is 2.21. The number of carboxylic acids is 1. The minimum atomic E-state index is -3.52. The van der Waals surface area contributed by atoms with E-state index in [1.807, 2.05) is 29.2 Å². The Balaban J connectivity index is 1.57. The van der Waals surface area contributed by atoms with Gasteiger partial charge < -0.3 is 5.11 Å². The van der Waals surface area contributed by atoms with E-state index in [0.717, 1.165) is 12.0 Å². The topological polar surface area (TPSA) is 90.0 Å². The lowest BCUT2D eigenvalue weighted by molar-refractivity contribution is -0.138. The number of nitrogens with one attached hydrogen (secondary N) is 1. The molecule has 0 bridgehead atoms. The first kappa shape index (κ1) is 17.3. The Morgan fingerprint density at radius 2 is 1.83 bits per heavy atom. The zero-order valence-corrected chi connectivity index (χ0v) is 14.3. The highest BCUT2D eigenvalue weighted by molar-refractivity contribution is 7.87. The predicted octanol–water partition coefficient (Wildman–Crippen LogP) is 0.428. The highest BCUT2D eigenvalue weighted by atomic mass is 32.2. The fraction of sp³-hybridized carbons (Fsp3) is 0.562. The molecular weight excluding hydrogens is 330 g/mol. The van der Waals surface area contributed by atoms with E-state index in [1.165, 1.54) is 9.87 Å². The van der Waals surface area contributed by atoms with Crippen LogP contribution in [0.15, 0.2) is 24.3 Å². The van der Waals surface area contributed by atoms with Crippen molar-refractivity contribution in [2.24, 2.45) is 0 Å². The molecule has 3 rings (SSSR count). The van der Waals surface area contributed by atoms with Crippen molar-refractivity contribution in [2.45, 2.75) is 31.8 Å². The maximum atomic E-state index is 12.6. The number of aliphatic carboxylic acids is 1. The van der Waals surface area contributed by atoms with Gasteiger partial charge in [0.25, 0.3) is 10.2 Å². The quantitative estimate of drug-likeness (QED) is 0.801. The van der Waals surface area contributed by atoms with E-state index < -0.39 is 16.2 Å². The summed E-state index contributed by atoms with van der Waals surface area (Å²) in [6, 6.07) is 7.80. The monoisotopic (exact) mass is 353 g/mol. The van der Waals surface area contributed by atoms with Crippen LogP contribution in [-0.2, 0) is 28.0 Å². The number of hydrogen-bond acceptors (Lipinski definition) is 4. The largest absolute Gasteiger partial charge is 0.480 e. The Hall–Kier alpha value is -1.48. The van der Waals surface area contributed by atoms with Gasteiger partial charge in [-0.2, -0.15) is 17.4 Å². The van der Waals surface area contributed by atoms with Crippen molar-refractivity contribution in [3.8, 4) is 0 Å². The maximum Gasteiger partial charge on any atom is 0.317 e. The summed E-state index contributed by atoms with van der Waals surface area (Å²) in [4.78, 5) is 12.6. The Kier molecular flexibility index (Phi) is 5.19. The molecule has 0 amide bonds. The van der Waals surface area contributed by atoms with Crippen molar-refractivity contribution < 1.29 is 18.3 Å². The minimum Gasteiger partial charge on any atom is -0.480 e. The molecule has 2 aliphatic rings. The van der Waals surface area contributed by atoms with Crippen LogP contribution in [0.5, 0.6) is 0 Å². The van der Waals surface area contributed by atoms with Gasteiger partial charge in [0.2, 0.25) is 0 Å². The van der Waals surface area contributed by atoms with Gasteiger partial charge in [0.05, 0.1) is 6.54 Å². The third-order valence-electron chi connectivity index (χ3n) is 4.70. The van der Waals surface area contributed by atoms with Gasteiger partial charge in [-0.3, -0.25) is 9.69 Å². The van der Waals surface area contributed by atoms with E-state index in [0.29, 0.717) is 39.0 Å². The molecule has 1 aromatic rings. The second-order valence-electron chi connectivity index (χ2n) is 6.42. The van der Waals surface area contributed by atoms with Crippen LogP contribution in [0.25, 0.3) is 0 Å². The highest BCUT2D eigenvalue weighted by Gasteiger charge is 2.30. The lowest BCUT2D eigenvalue weighted by Gasteiger charge is -2.34. The molecule has 1 saturated heterocycles. The lowest BCUT2D eigenvalue weighted by atomic mass is 10.0. The van der Waals surface area contributed by atoms with Gasteiger partial charge in [-0.25, -0.2) is 0 Å². The second kappa shape index (κ2) is 7.18. The molecule has 0 spiro atoms. The molecule has 8 heteroatoms. The van der Waals surface area contributed by atoms with Gasteiger partial charge in [0.1, 0.15) is 0 Å². The first-order valence-corrected chi connectivity index (χ1v) is 9.66. The van der Waals surface area contributed by atoms with Gasteiger partial charge in [-0.05, 0) is 30.4 Å². The Bertz CT molecular complexity index is 699. The fourth-order valence-corrected chi connectivity index (χ4v) is 4.81. The van der Waals surface area contributed by atoms with Crippen molar-refractivity contribution in [1.29, 1.82) is 0 Å². The van der Waals surface area contributed by atoms with Gasteiger partial charge in [-0.15, -0.1) is 0 Å². The molecule has 1 fully saturated rings. The number of piperidine rings is 1. The van der Waals surface area contributed by atoms with E-state index >= 15 is 0 Å². The molecule has 0 radical (unpaired) electrons. The number of rotatable bonds is 5. The van der Waals surface area contributed by atoms with E-state index in [4.69, 9.17) is 5.11 Å². The maximum absolute atomic E-state index is 12.6. The molecule has 0 unspecified atom stereocenters. The van der Waals surface area contributed by atoms with Gasteiger partial charge >= 0.3 is 5.97 Å². The standard InChI is InChI=1S/C16H23N3O4S/c20-16(21)12-18-8-6-15(7-9-18)17-24(22,23)19-10-5-13-3-1-2-4-14(13)11-19/h1-4,15,17H,5-12H2,(H,20,21). The number of hydrogen-bond donors (Lipinski definition) is 2. The summed E-state index contributed by atoms with van der Waals surface area (Å²) in [7, 11) is -3.52. The molecular formula is C16H23N3O4S. The lowest BCUT2D eigenvalue weighted by Crippen LogP contribution is -2.50. The van der Waals surface area contributed by atoms with Crippen LogP contribution in [0, 0.1) is 0 Å². The van der Waals surface area contributed by atoms with Crippen molar-refractivity contribution in [1.82, 2.24) is 13.9 Å². The van der Waals surface area contributed by atoms with Gasteiger partial charge in [0.15, 0.2) is 0 Å². The predicted molar refractivity (Wildman–Crippen MR) is 89.7 cm³/mol. The molecule has 0 aliphatic carbocycles. The number of fused-ring (bicyclic) bond motifs is 1.